The highest BCUT2D eigenvalue weighted by Crippen LogP contribution is 2.34. The number of aryl methyl sites for hydroxylation is 1. The van der Waals surface area contributed by atoms with Gasteiger partial charge in [-0.1, -0.05) is 29.8 Å². The maximum Gasteiger partial charge on any atom is 0.0680 e. The van der Waals surface area contributed by atoms with E-state index < -0.39 is 0 Å². The van der Waals surface area contributed by atoms with E-state index >= 15 is 0 Å². The molecule has 0 saturated carbocycles. The average Bonchev–Trinajstić information content (AvgIpc) is 2.78. The van der Waals surface area contributed by atoms with Gasteiger partial charge in [0.05, 0.1) is 11.4 Å². The van der Waals surface area contributed by atoms with Crippen molar-refractivity contribution in [1.82, 2.24) is 9.78 Å². The predicted molar refractivity (Wildman–Crippen MR) is 87.9 cm³/mol. The van der Waals surface area contributed by atoms with E-state index in [9.17, 15) is 0 Å². The third-order valence-electron chi connectivity index (χ3n) is 3.58. The Labute approximate surface area is 129 Å². The molecule has 0 radical (unpaired) electrons. The van der Waals surface area contributed by atoms with Crippen LogP contribution in [0.15, 0.2) is 48.5 Å². The lowest BCUT2D eigenvalue weighted by Crippen LogP contribution is -1.98. The highest BCUT2D eigenvalue weighted by atomic mass is 35.5. The zero-order valence-electron chi connectivity index (χ0n) is 12.0. The molecule has 2 aromatic carbocycles. The molecule has 3 nitrogen and oxygen atoms in total. The minimum Gasteiger partial charge on any atom is -0.398 e. The van der Waals surface area contributed by atoms with Crippen molar-refractivity contribution in [2.45, 2.75) is 13.8 Å². The number of rotatable bonds is 2. The number of anilines is 1. The Morgan fingerprint density at radius 1 is 1.05 bits per heavy atom. The van der Waals surface area contributed by atoms with Gasteiger partial charge in [-0.2, -0.15) is 5.10 Å². The Morgan fingerprint density at radius 2 is 1.76 bits per heavy atom. The fourth-order valence-corrected chi connectivity index (χ4v) is 2.77. The molecule has 1 heterocycles. The largest absolute Gasteiger partial charge is 0.398 e. The van der Waals surface area contributed by atoms with Crippen LogP contribution in [-0.4, -0.2) is 9.78 Å². The normalized spacial score (nSPS) is 10.8. The summed E-state index contributed by atoms with van der Waals surface area (Å²) in [5.74, 6) is 0. The van der Waals surface area contributed by atoms with E-state index in [0.717, 1.165) is 28.2 Å². The molecule has 0 atom stereocenters. The first kappa shape index (κ1) is 13.7. The highest BCUT2D eigenvalue weighted by Gasteiger charge is 2.16. The molecule has 1 aromatic heterocycles. The smallest absolute Gasteiger partial charge is 0.0680 e. The number of aromatic nitrogens is 2. The number of nitrogen functional groups attached to an aromatic ring is 1. The minimum absolute atomic E-state index is 0.672. The topological polar surface area (TPSA) is 43.8 Å². The summed E-state index contributed by atoms with van der Waals surface area (Å²) in [7, 11) is 0. The van der Waals surface area contributed by atoms with Crippen molar-refractivity contribution in [1.29, 1.82) is 0 Å². The Bertz CT molecular complexity index is 791. The van der Waals surface area contributed by atoms with Crippen LogP contribution in [0.25, 0.3) is 16.8 Å². The number of nitrogens with zero attached hydrogens (tertiary/aromatic N) is 2. The summed E-state index contributed by atoms with van der Waals surface area (Å²) >= 11 is 6.11. The van der Waals surface area contributed by atoms with E-state index in [1.54, 1.807) is 6.07 Å². The van der Waals surface area contributed by atoms with Crippen LogP contribution in [0.5, 0.6) is 0 Å². The SMILES string of the molecule is Cc1nn(-c2ccccc2)c(C)c1-c1cc(Cl)ccc1N. The second-order valence-electron chi connectivity index (χ2n) is 5.02. The molecule has 4 heteroatoms. The molecular formula is C17H16ClN3. The molecular weight excluding hydrogens is 282 g/mol. The molecule has 21 heavy (non-hydrogen) atoms. The third kappa shape index (κ3) is 2.41. The fraction of sp³-hybridized carbons (Fsp3) is 0.118. The predicted octanol–water partition coefficient (Wildman–Crippen LogP) is 4.39. The van der Waals surface area contributed by atoms with Gasteiger partial charge in [0.15, 0.2) is 0 Å². The molecule has 0 spiro atoms. The van der Waals surface area contributed by atoms with E-state index in [1.165, 1.54) is 0 Å². The number of halogens is 1. The summed E-state index contributed by atoms with van der Waals surface area (Å²) in [5, 5.41) is 5.32. The second-order valence-corrected chi connectivity index (χ2v) is 5.46. The van der Waals surface area contributed by atoms with Crippen molar-refractivity contribution >= 4 is 17.3 Å². The second kappa shape index (κ2) is 5.26. The lowest BCUT2D eigenvalue weighted by atomic mass is 10.0. The van der Waals surface area contributed by atoms with Gasteiger partial charge in [-0.05, 0) is 44.2 Å². The lowest BCUT2D eigenvalue weighted by Gasteiger charge is -2.08. The van der Waals surface area contributed by atoms with Crippen LogP contribution in [0.3, 0.4) is 0 Å². The van der Waals surface area contributed by atoms with Gasteiger partial charge in [-0.15, -0.1) is 0 Å². The van der Waals surface area contributed by atoms with Gasteiger partial charge in [0.25, 0.3) is 0 Å². The molecule has 0 saturated heterocycles. The maximum absolute atomic E-state index is 6.11. The lowest BCUT2D eigenvalue weighted by molar-refractivity contribution is 0.834. The van der Waals surface area contributed by atoms with Crippen LogP contribution < -0.4 is 5.73 Å². The molecule has 3 rings (SSSR count). The summed E-state index contributed by atoms with van der Waals surface area (Å²) < 4.78 is 1.94. The van der Waals surface area contributed by atoms with Crippen molar-refractivity contribution in [3.63, 3.8) is 0 Å². The minimum atomic E-state index is 0.672. The number of para-hydroxylation sites is 1. The number of hydrogen-bond donors (Lipinski definition) is 1. The van der Waals surface area contributed by atoms with Gasteiger partial charge >= 0.3 is 0 Å². The summed E-state index contributed by atoms with van der Waals surface area (Å²) in [6.07, 6.45) is 0. The molecule has 0 aliphatic rings. The first-order valence-electron chi connectivity index (χ1n) is 6.75. The van der Waals surface area contributed by atoms with Crippen LogP contribution >= 0.6 is 11.6 Å². The molecule has 0 amide bonds. The van der Waals surface area contributed by atoms with Crippen LogP contribution in [0.1, 0.15) is 11.4 Å². The monoisotopic (exact) mass is 297 g/mol. The Kier molecular flexibility index (Phi) is 3.43. The van der Waals surface area contributed by atoms with E-state index in [-0.39, 0.29) is 0 Å². The Morgan fingerprint density at radius 3 is 2.48 bits per heavy atom. The van der Waals surface area contributed by atoms with Crippen molar-refractivity contribution in [3.8, 4) is 16.8 Å². The number of benzene rings is 2. The summed E-state index contributed by atoms with van der Waals surface area (Å²) in [6, 6.07) is 15.6. The zero-order chi connectivity index (χ0) is 15.0. The number of hydrogen-bond acceptors (Lipinski definition) is 2. The molecule has 3 aromatic rings. The van der Waals surface area contributed by atoms with E-state index in [2.05, 4.69) is 5.10 Å². The Hall–Kier alpha value is -2.26. The van der Waals surface area contributed by atoms with Crippen molar-refractivity contribution < 1.29 is 0 Å². The van der Waals surface area contributed by atoms with Crippen LogP contribution in [0, 0.1) is 13.8 Å². The Balaban J connectivity index is 2.22. The molecule has 0 aliphatic heterocycles. The van der Waals surface area contributed by atoms with Crippen molar-refractivity contribution in [2.24, 2.45) is 0 Å². The molecule has 0 aliphatic carbocycles. The standard InChI is InChI=1S/C17H16ClN3/c1-11-17(15-10-13(18)8-9-16(15)19)12(2)21(20-11)14-6-4-3-5-7-14/h3-10H,19H2,1-2H3. The molecule has 2 N–H and O–H groups in total. The third-order valence-corrected chi connectivity index (χ3v) is 3.81. The molecule has 0 unspecified atom stereocenters. The quantitative estimate of drug-likeness (QED) is 0.713. The first-order valence-corrected chi connectivity index (χ1v) is 7.13. The first-order chi connectivity index (χ1) is 10.1. The van der Waals surface area contributed by atoms with Gasteiger partial charge in [-0.3, -0.25) is 0 Å². The maximum atomic E-state index is 6.11. The molecule has 0 fully saturated rings. The number of nitrogens with two attached hydrogens (primary N) is 1. The molecule has 106 valence electrons. The van der Waals surface area contributed by atoms with Crippen LogP contribution in [-0.2, 0) is 0 Å². The summed E-state index contributed by atoms with van der Waals surface area (Å²) in [4.78, 5) is 0. The van der Waals surface area contributed by atoms with E-state index in [4.69, 9.17) is 17.3 Å². The van der Waals surface area contributed by atoms with E-state index in [1.807, 2.05) is 61.0 Å². The molecule has 0 bridgehead atoms. The van der Waals surface area contributed by atoms with Crippen molar-refractivity contribution in [2.75, 3.05) is 5.73 Å². The van der Waals surface area contributed by atoms with Crippen LogP contribution in [0.4, 0.5) is 5.69 Å². The van der Waals surface area contributed by atoms with Gasteiger partial charge in [0.1, 0.15) is 0 Å². The summed E-state index contributed by atoms with van der Waals surface area (Å²) in [5.41, 5.74) is 11.8. The van der Waals surface area contributed by atoms with Crippen LogP contribution in [0.2, 0.25) is 5.02 Å². The van der Waals surface area contributed by atoms with Gasteiger partial charge in [0, 0.05) is 27.5 Å². The highest BCUT2D eigenvalue weighted by molar-refractivity contribution is 6.31. The zero-order valence-corrected chi connectivity index (χ0v) is 12.7. The van der Waals surface area contributed by atoms with Gasteiger partial charge in [0.2, 0.25) is 0 Å². The fourth-order valence-electron chi connectivity index (χ4n) is 2.60. The van der Waals surface area contributed by atoms with E-state index in [0.29, 0.717) is 10.7 Å². The van der Waals surface area contributed by atoms with Gasteiger partial charge < -0.3 is 5.73 Å². The van der Waals surface area contributed by atoms with Crippen molar-refractivity contribution in [3.05, 3.63) is 64.9 Å². The van der Waals surface area contributed by atoms with Gasteiger partial charge in [-0.25, -0.2) is 4.68 Å². The summed E-state index contributed by atoms with van der Waals surface area (Å²) in [6.45, 7) is 4.03. The average molecular weight is 298 g/mol.